The molecule has 2 aromatic rings. The summed E-state index contributed by atoms with van der Waals surface area (Å²) in [6.07, 6.45) is 1.47. The van der Waals surface area contributed by atoms with E-state index in [0.29, 0.717) is 33.5 Å². The molecule has 0 amide bonds. The molecule has 2 aromatic carbocycles. The smallest absolute Gasteiger partial charge is 0.131 e. The molecule has 0 bridgehead atoms. The van der Waals surface area contributed by atoms with Gasteiger partial charge in [-0.3, -0.25) is 0 Å². The summed E-state index contributed by atoms with van der Waals surface area (Å²) in [4.78, 5) is 0. The Hall–Kier alpha value is -1.29. The highest BCUT2D eigenvalue weighted by Crippen LogP contribution is 2.41. The molecule has 1 atom stereocenters. The zero-order valence-electron chi connectivity index (χ0n) is 11.2. The minimum atomic E-state index is -0.311. The third kappa shape index (κ3) is 2.86. The second kappa shape index (κ2) is 5.84. The van der Waals surface area contributed by atoms with Gasteiger partial charge in [-0.15, -0.1) is 0 Å². The van der Waals surface area contributed by atoms with Gasteiger partial charge in [0.1, 0.15) is 17.7 Å². The molecule has 2 nitrogen and oxygen atoms in total. The van der Waals surface area contributed by atoms with Crippen molar-refractivity contribution in [3.63, 3.8) is 0 Å². The molecule has 1 heterocycles. The van der Waals surface area contributed by atoms with E-state index in [2.05, 4.69) is 0 Å². The maximum atomic E-state index is 13.9. The van der Waals surface area contributed by atoms with E-state index in [4.69, 9.17) is 33.7 Å². The summed E-state index contributed by atoms with van der Waals surface area (Å²) < 4.78 is 19.8. The lowest BCUT2D eigenvalue weighted by atomic mass is 9.95. The van der Waals surface area contributed by atoms with Crippen LogP contribution in [0.5, 0.6) is 5.75 Å². The fourth-order valence-electron chi connectivity index (χ4n) is 2.59. The van der Waals surface area contributed by atoms with Crippen LogP contribution in [-0.4, -0.2) is 12.6 Å². The average molecular weight is 326 g/mol. The van der Waals surface area contributed by atoms with Crippen LogP contribution in [0.2, 0.25) is 10.0 Å². The lowest BCUT2D eigenvalue weighted by molar-refractivity contribution is 0.182. The minimum absolute atomic E-state index is 0.0559. The van der Waals surface area contributed by atoms with Crippen LogP contribution in [-0.2, 0) is 6.42 Å². The van der Waals surface area contributed by atoms with Crippen LogP contribution in [0.25, 0.3) is 11.1 Å². The Morgan fingerprint density at radius 2 is 2.00 bits per heavy atom. The number of rotatable bonds is 2. The van der Waals surface area contributed by atoms with E-state index in [9.17, 15) is 4.39 Å². The van der Waals surface area contributed by atoms with Crippen LogP contribution in [0.3, 0.4) is 0 Å². The maximum absolute atomic E-state index is 13.9. The molecular weight excluding hydrogens is 312 g/mol. The summed E-state index contributed by atoms with van der Waals surface area (Å²) >= 11 is 12.3. The van der Waals surface area contributed by atoms with Gasteiger partial charge in [-0.1, -0.05) is 23.2 Å². The Balaban J connectivity index is 2.18. The molecule has 0 radical (unpaired) electrons. The van der Waals surface area contributed by atoms with Crippen LogP contribution < -0.4 is 10.5 Å². The van der Waals surface area contributed by atoms with E-state index >= 15 is 0 Å². The van der Waals surface area contributed by atoms with Gasteiger partial charge < -0.3 is 10.5 Å². The lowest BCUT2D eigenvalue weighted by Crippen LogP contribution is -2.30. The fraction of sp³-hybridized carbons (Fsp3) is 0.250. The highest BCUT2D eigenvalue weighted by Gasteiger charge is 2.24. The molecule has 0 fully saturated rings. The van der Waals surface area contributed by atoms with E-state index in [-0.39, 0.29) is 11.9 Å². The molecule has 0 unspecified atom stereocenters. The topological polar surface area (TPSA) is 35.2 Å². The summed E-state index contributed by atoms with van der Waals surface area (Å²) in [6, 6.07) is 8.04. The summed E-state index contributed by atoms with van der Waals surface area (Å²) in [7, 11) is 0. The number of nitrogens with two attached hydrogens (primary N) is 1. The number of fused-ring (bicyclic) bond motifs is 1. The van der Waals surface area contributed by atoms with Crippen molar-refractivity contribution in [2.75, 3.05) is 6.54 Å². The normalized spacial score (nSPS) is 17.2. The first-order valence-electron chi connectivity index (χ1n) is 6.73. The van der Waals surface area contributed by atoms with Crippen LogP contribution in [0.1, 0.15) is 12.0 Å². The molecule has 0 saturated heterocycles. The monoisotopic (exact) mass is 325 g/mol. The molecule has 1 aliphatic heterocycles. The standard InChI is InChI=1S/C16H14Cl2FNO/c17-10-2-4-15(18)13(6-10)14-7-11(19)5-9-1-3-12(8-20)21-16(9)14/h2,4-7,12H,1,3,8,20H2/t12-/m0/s1. The molecule has 0 saturated carbocycles. The summed E-state index contributed by atoms with van der Waals surface area (Å²) in [5.41, 5.74) is 7.81. The molecule has 0 aliphatic carbocycles. The Morgan fingerprint density at radius 1 is 1.19 bits per heavy atom. The Labute approximate surface area is 132 Å². The molecule has 5 heteroatoms. The van der Waals surface area contributed by atoms with Crippen LogP contribution in [0.4, 0.5) is 4.39 Å². The number of hydrogen-bond donors (Lipinski definition) is 1. The first kappa shape index (κ1) is 14.6. The molecule has 0 spiro atoms. The highest BCUT2D eigenvalue weighted by molar-refractivity contribution is 6.35. The number of ether oxygens (including phenoxy) is 1. The van der Waals surface area contributed by atoms with Crippen molar-refractivity contribution in [1.82, 2.24) is 0 Å². The highest BCUT2D eigenvalue weighted by atomic mass is 35.5. The molecule has 0 aromatic heterocycles. The van der Waals surface area contributed by atoms with Gasteiger partial charge in [-0.25, -0.2) is 4.39 Å². The first-order valence-corrected chi connectivity index (χ1v) is 7.48. The molecular formula is C16H14Cl2FNO. The van der Waals surface area contributed by atoms with Crippen LogP contribution in [0.15, 0.2) is 30.3 Å². The van der Waals surface area contributed by atoms with Gasteiger partial charge in [0, 0.05) is 27.7 Å². The molecule has 110 valence electrons. The number of aryl methyl sites for hydroxylation is 1. The maximum Gasteiger partial charge on any atom is 0.131 e. The first-order chi connectivity index (χ1) is 10.1. The third-order valence-corrected chi connectivity index (χ3v) is 4.20. The zero-order chi connectivity index (χ0) is 15.0. The Kier molecular flexibility index (Phi) is 4.07. The summed E-state index contributed by atoms with van der Waals surface area (Å²) in [5, 5.41) is 1.05. The van der Waals surface area contributed by atoms with Crippen molar-refractivity contribution in [2.45, 2.75) is 18.9 Å². The van der Waals surface area contributed by atoms with E-state index in [0.717, 1.165) is 18.4 Å². The molecule has 2 N–H and O–H groups in total. The lowest BCUT2D eigenvalue weighted by Gasteiger charge is -2.27. The summed E-state index contributed by atoms with van der Waals surface area (Å²) in [6.45, 7) is 0.430. The third-order valence-electron chi connectivity index (χ3n) is 3.63. The second-order valence-electron chi connectivity index (χ2n) is 5.08. The van der Waals surface area contributed by atoms with E-state index in [1.807, 2.05) is 0 Å². The Morgan fingerprint density at radius 3 is 2.76 bits per heavy atom. The average Bonchev–Trinajstić information content (AvgIpc) is 2.48. The van der Waals surface area contributed by atoms with Crippen molar-refractivity contribution in [3.8, 4) is 16.9 Å². The fourth-order valence-corrected chi connectivity index (χ4v) is 2.98. The van der Waals surface area contributed by atoms with E-state index in [1.165, 1.54) is 12.1 Å². The van der Waals surface area contributed by atoms with E-state index < -0.39 is 0 Å². The van der Waals surface area contributed by atoms with Crippen molar-refractivity contribution < 1.29 is 9.13 Å². The van der Waals surface area contributed by atoms with Crippen molar-refractivity contribution in [1.29, 1.82) is 0 Å². The van der Waals surface area contributed by atoms with Crippen molar-refractivity contribution >= 4 is 23.2 Å². The van der Waals surface area contributed by atoms with Crippen LogP contribution >= 0.6 is 23.2 Å². The van der Waals surface area contributed by atoms with Gasteiger partial charge in [0.05, 0.1) is 0 Å². The van der Waals surface area contributed by atoms with Gasteiger partial charge in [0.15, 0.2) is 0 Å². The SMILES string of the molecule is NC[C@@H]1CCc2cc(F)cc(-c3cc(Cl)ccc3Cl)c2O1. The van der Waals surface area contributed by atoms with Gasteiger partial charge in [0.25, 0.3) is 0 Å². The van der Waals surface area contributed by atoms with Gasteiger partial charge in [0.2, 0.25) is 0 Å². The van der Waals surface area contributed by atoms with Crippen molar-refractivity contribution in [3.05, 3.63) is 51.8 Å². The predicted molar refractivity (Wildman–Crippen MR) is 83.6 cm³/mol. The van der Waals surface area contributed by atoms with Gasteiger partial charge in [-0.05, 0) is 48.7 Å². The predicted octanol–water partition coefficient (Wildman–Crippen LogP) is 4.45. The van der Waals surface area contributed by atoms with Crippen LogP contribution in [0, 0.1) is 5.82 Å². The quantitative estimate of drug-likeness (QED) is 0.885. The number of benzene rings is 2. The number of halogens is 3. The minimum Gasteiger partial charge on any atom is -0.488 e. The van der Waals surface area contributed by atoms with Crippen molar-refractivity contribution in [2.24, 2.45) is 5.73 Å². The van der Waals surface area contributed by atoms with E-state index in [1.54, 1.807) is 18.2 Å². The number of hydrogen-bond acceptors (Lipinski definition) is 2. The molecule has 3 rings (SSSR count). The molecule has 1 aliphatic rings. The van der Waals surface area contributed by atoms with Gasteiger partial charge >= 0.3 is 0 Å². The Bertz CT molecular complexity index is 690. The second-order valence-corrected chi connectivity index (χ2v) is 5.92. The van der Waals surface area contributed by atoms with Gasteiger partial charge in [-0.2, -0.15) is 0 Å². The zero-order valence-corrected chi connectivity index (χ0v) is 12.7. The largest absolute Gasteiger partial charge is 0.488 e. The molecule has 21 heavy (non-hydrogen) atoms. The summed E-state index contributed by atoms with van der Waals surface area (Å²) in [5.74, 6) is 0.344.